The molecule has 1 aromatic rings. The van der Waals surface area contributed by atoms with E-state index in [4.69, 9.17) is 9.47 Å². The molecule has 3 heteroatoms. The molecule has 0 fully saturated rings. The zero-order valence-electron chi connectivity index (χ0n) is 14.1. The summed E-state index contributed by atoms with van der Waals surface area (Å²) in [5.74, 6) is 2.36. The summed E-state index contributed by atoms with van der Waals surface area (Å²) in [5.41, 5.74) is 1.21. The van der Waals surface area contributed by atoms with Crippen molar-refractivity contribution in [3.05, 3.63) is 23.8 Å². The van der Waals surface area contributed by atoms with Crippen LogP contribution in [-0.2, 0) is 6.54 Å². The Balaban J connectivity index is 2.67. The van der Waals surface area contributed by atoms with Crippen LogP contribution in [0.4, 0.5) is 0 Å². The van der Waals surface area contributed by atoms with Crippen molar-refractivity contribution in [2.24, 2.45) is 5.92 Å². The molecule has 0 aliphatic carbocycles. The summed E-state index contributed by atoms with van der Waals surface area (Å²) in [5, 5.41) is 3.16. The molecule has 0 saturated heterocycles. The quantitative estimate of drug-likeness (QED) is 0.656. The van der Waals surface area contributed by atoms with Crippen molar-refractivity contribution in [2.75, 3.05) is 20.3 Å². The van der Waals surface area contributed by atoms with Crippen LogP contribution in [0.25, 0.3) is 0 Å². The summed E-state index contributed by atoms with van der Waals surface area (Å²) >= 11 is 0. The zero-order valence-corrected chi connectivity index (χ0v) is 14.1. The van der Waals surface area contributed by atoms with Crippen molar-refractivity contribution in [3.8, 4) is 11.5 Å². The molecular formula is C18H31NO2. The van der Waals surface area contributed by atoms with Gasteiger partial charge in [0.25, 0.3) is 0 Å². The van der Waals surface area contributed by atoms with Gasteiger partial charge in [0.05, 0.1) is 13.2 Å². The molecule has 0 radical (unpaired) electrons. The lowest BCUT2D eigenvalue weighted by atomic mass is 10.0. The second-order valence-electron chi connectivity index (χ2n) is 5.47. The van der Waals surface area contributed by atoms with E-state index in [-0.39, 0.29) is 0 Å². The molecule has 120 valence electrons. The minimum Gasteiger partial charge on any atom is -0.490 e. The Morgan fingerprint density at radius 2 is 1.90 bits per heavy atom. The van der Waals surface area contributed by atoms with E-state index in [1.54, 1.807) is 0 Å². The number of benzene rings is 1. The lowest BCUT2D eigenvalue weighted by Gasteiger charge is -2.18. The smallest absolute Gasteiger partial charge is 0.161 e. The fourth-order valence-corrected chi connectivity index (χ4v) is 2.36. The van der Waals surface area contributed by atoms with E-state index >= 15 is 0 Å². The molecule has 21 heavy (non-hydrogen) atoms. The van der Waals surface area contributed by atoms with Gasteiger partial charge < -0.3 is 14.8 Å². The first-order valence-corrected chi connectivity index (χ1v) is 8.28. The third-order valence-electron chi connectivity index (χ3n) is 3.71. The third kappa shape index (κ3) is 6.38. The highest BCUT2D eigenvalue weighted by Crippen LogP contribution is 2.29. The van der Waals surface area contributed by atoms with Crippen LogP contribution in [0.3, 0.4) is 0 Å². The van der Waals surface area contributed by atoms with Crippen LogP contribution in [0.2, 0.25) is 0 Å². The number of rotatable bonds is 11. The van der Waals surface area contributed by atoms with E-state index in [9.17, 15) is 0 Å². The van der Waals surface area contributed by atoms with Gasteiger partial charge in [-0.2, -0.15) is 0 Å². The molecule has 1 unspecified atom stereocenters. The number of hydrogen-bond acceptors (Lipinski definition) is 3. The number of ether oxygens (including phenoxy) is 2. The van der Waals surface area contributed by atoms with Gasteiger partial charge in [-0.05, 0) is 44.0 Å². The lowest BCUT2D eigenvalue weighted by Crippen LogP contribution is -2.12. The Labute approximate surface area is 130 Å². The first-order valence-electron chi connectivity index (χ1n) is 8.28. The molecule has 0 aromatic heterocycles. The Hall–Kier alpha value is -1.22. The van der Waals surface area contributed by atoms with Gasteiger partial charge in [0.15, 0.2) is 11.5 Å². The molecule has 0 heterocycles. The molecule has 1 atom stereocenters. The Morgan fingerprint density at radius 3 is 2.52 bits per heavy atom. The Kier molecular flexibility index (Phi) is 8.91. The highest BCUT2D eigenvalue weighted by atomic mass is 16.5. The zero-order chi connectivity index (χ0) is 15.5. The lowest BCUT2D eigenvalue weighted by molar-refractivity contribution is 0.219. The monoisotopic (exact) mass is 293 g/mol. The van der Waals surface area contributed by atoms with Crippen LogP contribution in [0, 0.1) is 5.92 Å². The van der Waals surface area contributed by atoms with E-state index in [2.05, 4.69) is 31.3 Å². The number of nitrogens with one attached hydrogen (secondary N) is 1. The maximum absolute atomic E-state index is 6.03. The van der Waals surface area contributed by atoms with Crippen molar-refractivity contribution >= 4 is 0 Å². The fourth-order valence-electron chi connectivity index (χ4n) is 2.36. The summed E-state index contributed by atoms with van der Waals surface area (Å²) in [6.07, 6.45) is 4.94. The van der Waals surface area contributed by atoms with E-state index in [0.717, 1.165) is 24.7 Å². The highest BCUT2D eigenvalue weighted by molar-refractivity contribution is 5.43. The minimum absolute atomic E-state index is 0.636. The van der Waals surface area contributed by atoms with Gasteiger partial charge in [-0.25, -0.2) is 0 Å². The molecular weight excluding hydrogens is 262 g/mol. The van der Waals surface area contributed by atoms with Crippen LogP contribution >= 0.6 is 0 Å². The second kappa shape index (κ2) is 10.5. The maximum atomic E-state index is 6.03. The molecule has 1 aromatic carbocycles. The first kappa shape index (κ1) is 17.8. The maximum Gasteiger partial charge on any atom is 0.161 e. The van der Waals surface area contributed by atoms with Crippen molar-refractivity contribution in [1.82, 2.24) is 5.32 Å². The van der Waals surface area contributed by atoms with Gasteiger partial charge in [0.2, 0.25) is 0 Å². The molecule has 0 saturated carbocycles. The Bertz CT molecular complexity index is 393. The predicted molar refractivity (Wildman–Crippen MR) is 89.2 cm³/mol. The van der Waals surface area contributed by atoms with Gasteiger partial charge in [0.1, 0.15) is 0 Å². The Morgan fingerprint density at radius 1 is 1.10 bits per heavy atom. The minimum atomic E-state index is 0.636. The normalized spacial score (nSPS) is 12.2. The van der Waals surface area contributed by atoms with Crippen molar-refractivity contribution in [1.29, 1.82) is 0 Å². The van der Waals surface area contributed by atoms with Gasteiger partial charge in [-0.1, -0.05) is 39.2 Å². The average molecular weight is 293 g/mol. The molecule has 3 nitrogen and oxygen atoms in total. The van der Waals surface area contributed by atoms with Crippen LogP contribution in [0.1, 0.15) is 52.0 Å². The van der Waals surface area contributed by atoms with E-state index < -0.39 is 0 Å². The molecule has 0 amide bonds. The summed E-state index contributed by atoms with van der Waals surface area (Å²) in [7, 11) is 1.95. The van der Waals surface area contributed by atoms with Crippen LogP contribution in [0.5, 0.6) is 11.5 Å². The van der Waals surface area contributed by atoms with Crippen LogP contribution in [-0.4, -0.2) is 20.3 Å². The largest absolute Gasteiger partial charge is 0.490 e. The van der Waals surface area contributed by atoms with E-state index in [1.165, 1.54) is 31.2 Å². The van der Waals surface area contributed by atoms with E-state index in [0.29, 0.717) is 12.5 Å². The van der Waals surface area contributed by atoms with Gasteiger partial charge in [-0.15, -0.1) is 0 Å². The van der Waals surface area contributed by atoms with Crippen molar-refractivity contribution < 1.29 is 9.47 Å². The average Bonchev–Trinajstić information content (AvgIpc) is 2.50. The van der Waals surface area contributed by atoms with Crippen LogP contribution < -0.4 is 14.8 Å². The van der Waals surface area contributed by atoms with Gasteiger partial charge in [0, 0.05) is 6.54 Å². The van der Waals surface area contributed by atoms with Crippen molar-refractivity contribution in [3.63, 3.8) is 0 Å². The summed E-state index contributed by atoms with van der Waals surface area (Å²) in [6, 6.07) is 6.20. The summed E-state index contributed by atoms with van der Waals surface area (Å²) in [6.45, 7) is 8.76. The molecule has 0 aliphatic rings. The van der Waals surface area contributed by atoms with Crippen molar-refractivity contribution in [2.45, 2.75) is 53.0 Å². The standard InChI is InChI=1S/C18H31NO2/c1-5-8-9-15(6-2)14-21-17-11-10-16(13-19-4)12-18(17)20-7-3/h10-12,15,19H,5-9,13-14H2,1-4H3. The van der Waals surface area contributed by atoms with Gasteiger partial charge >= 0.3 is 0 Å². The molecule has 0 bridgehead atoms. The van der Waals surface area contributed by atoms with Gasteiger partial charge in [-0.3, -0.25) is 0 Å². The fraction of sp³-hybridized carbons (Fsp3) is 0.667. The topological polar surface area (TPSA) is 30.5 Å². The molecule has 1 rings (SSSR count). The SMILES string of the molecule is CCCCC(CC)COc1ccc(CNC)cc1OCC. The predicted octanol–water partition coefficient (Wildman–Crippen LogP) is 4.40. The molecule has 1 N–H and O–H groups in total. The number of unbranched alkanes of at least 4 members (excludes halogenated alkanes) is 1. The third-order valence-corrected chi connectivity index (χ3v) is 3.71. The first-order chi connectivity index (χ1) is 10.2. The summed E-state index contributed by atoms with van der Waals surface area (Å²) in [4.78, 5) is 0. The second-order valence-corrected chi connectivity index (χ2v) is 5.47. The van der Waals surface area contributed by atoms with Crippen LogP contribution in [0.15, 0.2) is 18.2 Å². The molecule has 0 aliphatic heterocycles. The highest BCUT2D eigenvalue weighted by Gasteiger charge is 2.10. The number of hydrogen-bond donors (Lipinski definition) is 1. The summed E-state index contributed by atoms with van der Waals surface area (Å²) < 4.78 is 11.7. The molecule has 0 spiro atoms. The van der Waals surface area contributed by atoms with E-state index in [1.807, 2.05) is 20.0 Å².